The molecule has 0 amide bonds. The molecule has 0 aliphatic heterocycles. The smallest absolute Gasteiger partial charge is 0.153 e. The van der Waals surface area contributed by atoms with Crippen LogP contribution in [0.1, 0.15) is 30.5 Å². The zero-order chi connectivity index (χ0) is 13.7. The molecular weight excluding hydrogens is 226 g/mol. The van der Waals surface area contributed by atoms with Crippen LogP contribution in [0, 0.1) is 13.8 Å². The van der Waals surface area contributed by atoms with Crippen LogP contribution in [0.25, 0.3) is 0 Å². The molecule has 0 atom stereocenters. The van der Waals surface area contributed by atoms with Crippen molar-refractivity contribution in [1.29, 1.82) is 0 Å². The van der Waals surface area contributed by atoms with Gasteiger partial charge >= 0.3 is 0 Å². The second-order valence-corrected chi connectivity index (χ2v) is 4.96. The fourth-order valence-electron chi connectivity index (χ4n) is 1.96. The number of rotatable bonds is 5. The van der Waals surface area contributed by atoms with E-state index in [9.17, 15) is 0 Å². The monoisotopic (exact) mass is 249 g/mol. The predicted molar refractivity (Wildman–Crippen MR) is 74.9 cm³/mol. The molecule has 0 spiro atoms. The van der Waals surface area contributed by atoms with Crippen molar-refractivity contribution in [2.24, 2.45) is 10.9 Å². The van der Waals surface area contributed by atoms with E-state index < -0.39 is 0 Å². The summed E-state index contributed by atoms with van der Waals surface area (Å²) in [6.45, 7) is 9.74. The van der Waals surface area contributed by atoms with Crippen LogP contribution >= 0.6 is 0 Å². The average Bonchev–Trinajstić information content (AvgIpc) is 2.31. The Hall–Kier alpha value is -1.55. The van der Waals surface area contributed by atoms with E-state index in [-0.39, 0.29) is 5.84 Å². The van der Waals surface area contributed by atoms with Crippen molar-refractivity contribution in [3.8, 4) is 0 Å². The number of hydrogen-bond acceptors (Lipinski definition) is 3. The van der Waals surface area contributed by atoms with E-state index in [1.54, 1.807) is 0 Å². The molecule has 4 heteroatoms. The minimum Gasteiger partial charge on any atom is -0.409 e. The topological polar surface area (TPSA) is 61.8 Å². The third-order valence-electron chi connectivity index (χ3n) is 3.23. The molecule has 4 nitrogen and oxygen atoms in total. The first-order valence-corrected chi connectivity index (χ1v) is 6.21. The van der Waals surface area contributed by atoms with Crippen molar-refractivity contribution in [2.45, 2.75) is 40.3 Å². The highest BCUT2D eigenvalue weighted by molar-refractivity contribution is 5.81. The standard InChI is InChI=1S/C14H23N3O/c1-10(2)17(9-14(15)16-18)8-13-11(3)6-5-7-12(13)4/h5-7,10,18H,8-9H2,1-4H3,(H2,15,16). The molecule has 0 aromatic heterocycles. The van der Waals surface area contributed by atoms with Crippen molar-refractivity contribution in [3.63, 3.8) is 0 Å². The Morgan fingerprint density at radius 1 is 1.33 bits per heavy atom. The number of nitrogens with zero attached hydrogens (tertiary/aromatic N) is 2. The quantitative estimate of drug-likeness (QED) is 0.364. The molecule has 18 heavy (non-hydrogen) atoms. The highest BCUT2D eigenvalue weighted by atomic mass is 16.4. The predicted octanol–water partition coefficient (Wildman–Crippen LogP) is 2.26. The van der Waals surface area contributed by atoms with Crippen molar-refractivity contribution in [2.75, 3.05) is 6.54 Å². The maximum atomic E-state index is 8.68. The molecule has 0 bridgehead atoms. The summed E-state index contributed by atoms with van der Waals surface area (Å²) < 4.78 is 0. The number of hydrogen-bond donors (Lipinski definition) is 2. The summed E-state index contributed by atoms with van der Waals surface area (Å²) in [7, 11) is 0. The van der Waals surface area contributed by atoms with Gasteiger partial charge in [0.05, 0.1) is 6.54 Å². The number of nitrogens with two attached hydrogens (primary N) is 1. The van der Waals surface area contributed by atoms with Gasteiger partial charge in [0.25, 0.3) is 0 Å². The van der Waals surface area contributed by atoms with E-state index in [2.05, 4.69) is 55.9 Å². The van der Waals surface area contributed by atoms with Gasteiger partial charge in [-0.25, -0.2) is 0 Å². The molecule has 0 saturated carbocycles. The Kier molecular flexibility index (Phi) is 5.16. The minimum atomic E-state index is 0.245. The van der Waals surface area contributed by atoms with Crippen molar-refractivity contribution >= 4 is 5.84 Å². The van der Waals surface area contributed by atoms with Gasteiger partial charge in [-0.1, -0.05) is 23.4 Å². The molecule has 1 aromatic rings. The minimum absolute atomic E-state index is 0.245. The first-order chi connectivity index (χ1) is 8.45. The van der Waals surface area contributed by atoms with Crippen LogP contribution < -0.4 is 5.73 Å². The Bertz CT molecular complexity index is 407. The third kappa shape index (κ3) is 3.74. The van der Waals surface area contributed by atoms with Crippen LogP contribution in [-0.2, 0) is 6.54 Å². The molecule has 1 aromatic carbocycles. The summed E-state index contributed by atoms with van der Waals surface area (Å²) >= 11 is 0. The van der Waals surface area contributed by atoms with Crippen LogP contribution in [0.4, 0.5) is 0 Å². The van der Waals surface area contributed by atoms with Gasteiger partial charge in [0.1, 0.15) is 0 Å². The van der Waals surface area contributed by atoms with E-state index in [0.717, 1.165) is 6.54 Å². The highest BCUT2D eigenvalue weighted by Crippen LogP contribution is 2.17. The molecule has 0 aliphatic carbocycles. The molecule has 0 saturated heterocycles. The highest BCUT2D eigenvalue weighted by Gasteiger charge is 2.14. The number of aryl methyl sites for hydroxylation is 2. The van der Waals surface area contributed by atoms with Crippen LogP contribution in [0.2, 0.25) is 0 Å². The van der Waals surface area contributed by atoms with Crippen molar-refractivity contribution in [1.82, 2.24) is 4.90 Å². The average molecular weight is 249 g/mol. The zero-order valence-electron chi connectivity index (χ0n) is 11.6. The molecule has 0 fully saturated rings. The van der Waals surface area contributed by atoms with E-state index in [1.807, 2.05) is 0 Å². The van der Waals surface area contributed by atoms with E-state index in [4.69, 9.17) is 10.9 Å². The van der Waals surface area contributed by atoms with Gasteiger partial charge in [0.15, 0.2) is 5.84 Å². The Morgan fingerprint density at radius 2 is 1.89 bits per heavy atom. The Morgan fingerprint density at radius 3 is 2.33 bits per heavy atom. The number of oxime groups is 1. The van der Waals surface area contributed by atoms with Gasteiger partial charge in [-0.2, -0.15) is 0 Å². The van der Waals surface area contributed by atoms with Gasteiger partial charge in [0.2, 0.25) is 0 Å². The summed E-state index contributed by atoms with van der Waals surface area (Å²) in [5, 5.41) is 11.7. The number of benzene rings is 1. The normalized spacial score (nSPS) is 12.4. The molecule has 0 aliphatic rings. The molecule has 0 unspecified atom stereocenters. The van der Waals surface area contributed by atoms with Crippen molar-refractivity contribution in [3.05, 3.63) is 34.9 Å². The lowest BCUT2D eigenvalue weighted by atomic mass is 10.0. The molecule has 0 radical (unpaired) electrons. The largest absolute Gasteiger partial charge is 0.409 e. The fourth-order valence-corrected chi connectivity index (χ4v) is 1.96. The fraction of sp³-hybridized carbons (Fsp3) is 0.500. The van der Waals surface area contributed by atoms with E-state index in [1.165, 1.54) is 16.7 Å². The van der Waals surface area contributed by atoms with Crippen molar-refractivity contribution < 1.29 is 5.21 Å². The summed E-state index contributed by atoms with van der Waals surface area (Å²) in [6, 6.07) is 6.64. The Balaban J connectivity index is 2.90. The summed E-state index contributed by atoms with van der Waals surface area (Å²) in [4.78, 5) is 2.18. The molecule has 100 valence electrons. The lowest BCUT2D eigenvalue weighted by molar-refractivity contribution is 0.238. The SMILES string of the molecule is Cc1cccc(C)c1CN(C/C(N)=N/O)C(C)C. The maximum Gasteiger partial charge on any atom is 0.153 e. The van der Waals surface area contributed by atoms with Crippen LogP contribution in [0.5, 0.6) is 0 Å². The van der Waals surface area contributed by atoms with Gasteiger partial charge < -0.3 is 10.9 Å². The molecule has 1 rings (SSSR count). The first kappa shape index (κ1) is 14.5. The van der Waals surface area contributed by atoms with E-state index >= 15 is 0 Å². The first-order valence-electron chi connectivity index (χ1n) is 6.21. The second-order valence-electron chi connectivity index (χ2n) is 4.96. The zero-order valence-corrected chi connectivity index (χ0v) is 11.6. The van der Waals surface area contributed by atoms with Gasteiger partial charge in [-0.05, 0) is 44.4 Å². The third-order valence-corrected chi connectivity index (χ3v) is 3.23. The summed E-state index contributed by atoms with van der Waals surface area (Å²) in [5.74, 6) is 0.245. The van der Waals surface area contributed by atoms with E-state index in [0.29, 0.717) is 12.6 Å². The van der Waals surface area contributed by atoms with Gasteiger partial charge in [-0.15, -0.1) is 0 Å². The lowest BCUT2D eigenvalue weighted by Crippen LogP contribution is -2.38. The number of amidine groups is 1. The lowest BCUT2D eigenvalue weighted by Gasteiger charge is -2.27. The van der Waals surface area contributed by atoms with Crippen LogP contribution in [0.3, 0.4) is 0 Å². The van der Waals surface area contributed by atoms with Crippen LogP contribution in [-0.4, -0.2) is 28.5 Å². The second kappa shape index (κ2) is 6.40. The summed E-state index contributed by atoms with van der Waals surface area (Å²) in [5.41, 5.74) is 9.47. The molecule has 0 heterocycles. The van der Waals surface area contributed by atoms with Crippen LogP contribution in [0.15, 0.2) is 23.4 Å². The molecular formula is C14H23N3O. The molecule has 3 N–H and O–H groups in total. The summed E-state index contributed by atoms with van der Waals surface area (Å²) in [6.07, 6.45) is 0. The van der Waals surface area contributed by atoms with Gasteiger partial charge in [-0.3, -0.25) is 4.90 Å². The maximum absolute atomic E-state index is 8.68. The Labute approximate surface area is 109 Å². The van der Waals surface area contributed by atoms with Gasteiger partial charge in [0, 0.05) is 12.6 Å².